The number of rotatable bonds is 5. The number of carbonyl (C=O) groups is 1. The fourth-order valence-electron chi connectivity index (χ4n) is 1.94. The predicted molar refractivity (Wildman–Crippen MR) is 81.8 cm³/mol. The Kier molecular flexibility index (Phi) is 7.07. The van der Waals surface area contributed by atoms with Gasteiger partial charge in [-0.15, -0.1) is 35.5 Å². The first kappa shape index (κ1) is 15.8. The van der Waals surface area contributed by atoms with Crippen LogP contribution in [0.4, 0.5) is 0 Å². The van der Waals surface area contributed by atoms with Crippen LogP contribution in [0.1, 0.15) is 28.5 Å². The van der Waals surface area contributed by atoms with E-state index in [1.807, 2.05) is 0 Å². The van der Waals surface area contributed by atoms with Crippen molar-refractivity contribution in [2.24, 2.45) is 5.73 Å². The topological polar surface area (TPSA) is 55.1 Å². The first-order valence-corrected chi connectivity index (χ1v) is 7.91. The van der Waals surface area contributed by atoms with Crippen LogP contribution < -0.4 is 11.1 Å². The molecule has 1 amide bonds. The molecule has 1 aliphatic heterocycles. The Balaban J connectivity index is 0.00000162. The molecule has 18 heavy (non-hydrogen) atoms. The van der Waals surface area contributed by atoms with Crippen molar-refractivity contribution in [3.05, 3.63) is 21.9 Å². The molecule has 3 nitrogen and oxygen atoms in total. The highest BCUT2D eigenvalue weighted by Gasteiger charge is 2.27. The van der Waals surface area contributed by atoms with Crippen molar-refractivity contribution in [3.8, 4) is 0 Å². The Morgan fingerprint density at radius 2 is 2.33 bits per heavy atom. The minimum Gasteiger partial charge on any atom is -0.355 e. The highest BCUT2D eigenvalue weighted by atomic mass is 35.5. The van der Waals surface area contributed by atoms with E-state index in [-0.39, 0.29) is 23.6 Å². The molecular weight excluding hydrogens is 288 g/mol. The van der Waals surface area contributed by atoms with Gasteiger partial charge in [0.2, 0.25) is 5.91 Å². The summed E-state index contributed by atoms with van der Waals surface area (Å²) in [7, 11) is 0. The Morgan fingerprint density at radius 3 is 3.11 bits per heavy atom. The van der Waals surface area contributed by atoms with Gasteiger partial charge in [0, 0.05) is 11.4 Å². The van der Waals surface area contributed by atoms with Gasteiger partial charge in [-0.3, -0.25) is 4.79 Å². The maximum absolute atomic E-state index is 12.1. The van der Waals surface area contributed by atoms with E-state index in [0.717, 1.165) is 31.6 Å². The summed E-state index contributed by atoms with van der Waals surface area (Å²) in [6, 6.07) is 2.09. The van der Waals surface area contributed by atoms with E-state index in [1.165, 1.54) is 10.4 Å². The maximum atomic E-state index is 12.1. The third-order valence-corrected chi connectivity index (χ3v) is 5.08. The number of hydrogen-bond donors (Lipinski definition) is 2. The molecule has 1 aliphatic rings. The summed E-state index contributed by atoms with van der Waals surface area (Å²) >= 11 is 3.52. The van der Waals surface area contributed by atoms with Gasteiger partial charge >= 0.3 is 0 Å². The number of carbonyl (C=O) groups excluding carboxylic acids is 1. The number of amides is 1. The van der Waals surface area contributed by atoms with Crippen LogP contribution in [0, 0.1) is 0 Å². The maximum Gasteiger partial charge on any atom is 0.237 e. The average Bonchev–Trinajstić information content (AvgIpc) is 2.82. The van der Waals surface area contributed by atoms with Crippen molar-refractivity contribution in [2.75, 3.05) is 18.8 Å². The van der Waals surface area contributed by atoms with Crippen molar-refractivity contribution < 1.29 is 4.79 Å². The van der Waals surface area contributed by atoms with Crippen molar-refractivity contribution in [1.82, 2.24) is 5.32 Å². The van der Waals surface area contributed by atoms with Gasteiger partial charge in [-0.25, -0.2) is 0 Å². The minimum absolute atomic E-state index is 0. The third kappa shape index (κ3) is 3.88. The van der Waals surface area contributed by atoms with Crippen molar-refractivity contribution >= 4 is 41.4 Å². The number of nitrogens with two attached hydrogens (primary N) is 1. The standard InChI is InChI=1S/C12H18N2OS2.ClH/c13-5-1-2-6-14-12(15)11-9-3-7-16-10(9)4-8-17-11;/h3,7,11H,1-2,4-6,8,13H2,(H,14,15);1H. The molecule has 6 heteroatoms. The van der Waals surface area contributed by atoms with E-state index in [9.17, 15) is 4.79 Å². The Hall–Kier alpha value is -0.230. The lowest BCUT2D eigenvalue weighted by atomic mass is 10.1. The summed E-state index contributed by atoms with van der Waals surface area (Å²) in [5.74, 6) is 1.21. The van der Waals surface area contributed by atoms with Crippen LogP contribution >= 0.6 is 35.5 Å². The molecule has 0 saturated heterocycles. The average molecular weight is 307 g/mol. The smallest absolute Gasteiger partial charge is 0.237 e. The first-order valence-electron chi connectivity index (χ1n) is 5.98. The molecule has 0 fully saturated rings. The second-order valence-corrected chi connectivity index (χ2v) is 6.30. The van der Waals surface area contributed by atoms with Crippen LogP contribution in [-0.4, -0.2) is 24.7 Å². The van der Waals surface area contributed by atoms with E-state index in [1.54, 1.807) is 23.1 Å². The summed E-state index contributed by atoms with van der Waals surface area (Å²) in [4.78, 5) is 13.4. The van der Waals surface area contributed by atoms with Gasteiger partial charge in [-0.05, 0) is 48.6 Å². The second kappa shape index (κ2) is 8.04. The molecule has 102 valence electrons. The zero-order chi connectivity index (χ0) is 12.1. The number of thiophene rings is 1. The second-order valence-electron chi connectivity index (χ2n) is 4.09. The van der Waals surface area contributed by atoms with Gasteiger partial charge in [0.05, 0.1) is 0 Å². The van der Waals surface area contributed by atoms with Crippen molar-refractivity contribution in [2.45, 2.75) is 24.5 Å². The molecule has 0 aliphatic carbocycles. The van der Waals surface area contributed by atoms with Crippen LogP contribution in [-0.2, 0) is 11.2 Å². The summed E-state index contributed by atoms with van der Waals surface area (Å²) in [5.41, 5.74) is 6.65. The van der Waals surface area contributed by atoms with Crippen LogP contribution in [0.15, 0.2) is 11.4 Å². The van der Waals surface area contributed by atoms with Crippen LogP contribution in [0.3, 0.4) is 0 Å². The zero-order valence-corrected chi connectivity index (χ0v) is 12.6. The quantitative estimate of drug-likeness (QED) is 0.821. The lowest BCUT2D eigenvalue weighted by Gasteiger charge is -2.21. The Bertz CT molecular complexity index is 384. The number of hydrogen-bond acceptors (Lipinski definition) is 4. The Morgan fingerprint density at radius 1 is 1.50 bits per heavy atom. The first-order chi connectivity index (χ1) is 8.33. The number of aryl methyl sites for hydroxylation is 1. The lowest BCUT2D eigenvalue weighted by molar-refractivity contribution is -0.120. The van der Waals surface area contributed by atoms with Crippen LogP contribution in [0.2, 0.25) is 0 Å². The molecule has 0 spiro atoms. The van der Waals surface area contributed by atoms with Gasteiger partial charge in [-0.1, -0.05) is 0 Å². The molecule has 1 aromatic rings. The molecule has 3 N–H and O–H groups in total. The summed E-state index contributed by atoms with van der Waals surface area (Å²) < 4.78 is 0. The molecule has 0 radical (unpaired) electrons. The molecule has 1 unspecified atom stereocenters. The number of fused-ring (bicyclic) bond motifs is 1. The van der Waals surface area contributed by atoms with E-state index < -0.39 is 0 Å². The molecule has 2 heterocycles. The normalized spacial score (nSPS) is 17.7. The predicted octanol–water partition coefficient (Wildman–Crippen LogP) is 2.36. The highest BCUT2D eigenvalue weighted by molar-refractivity contribution is 8.00. The summed E-state index contributed by atoms with van der Waals surface area (Å²) in [6.45, 7) is 1.44. The third-order valence-electron chi connectivity index (χ3n) is 2.84. The SMILES string of the molecule is Cl.NCCCCNC(=O)C1SCCc2sccc21. The molecule has 0 aromatic carbocycles. The van der Waals surface area contributed by atoms with E-state index in [0.29, 0.717) is 6.54 Å². The van der Waals surface area contributed by atoms with Crippen LogP contribution in [0.25, 0.3) is 0 Å². The zero-order valence-electron chi connectivity index (χ0n) is 10.2. The molecule has 1 aromatic heterocycles. The lowest BCUT2D eigenvalue weighted by Crippen LogP contribution is -2.30. The summed E-state index contributed by atoms with van der Waals surface area (Å²) in [5, 5.41) is 5.10. The van der Waals surface area contributed by atoms with E-state index in [2.05, 4.69) is 16.8 Å². The number of nitrogens with one attached hydrogen (secondary N) is 1. The molecule has 0 saturated carbocycles. The van der Waals surface area contributed by atoms with Gasteiger partial charge in [0.1, 0.15) is 5.25 Å². The van der Waals surface area contributed by atoms with E-state index in [4.69, 9.17) is 5.73 Å². The van der Waals surface area contributed by atoms with Gasteiger partial charge < -0.3 is 11.1 Å². The minimum atomic E-state index is 0. The largest absolute Gasteiger partial charge is 0.355 e. The highest BCUT2D eigenvalue weighted by Crippen LogP contribution is 2.39. The summed E-state index contributed by atoms with van der Waals surface area (Å²) in [6.07, 6.45) is 3.05. The van der Waals surface area contributed by atoms with Crippen molar-refractivity contribution in [3.63, 3.8) is 0 Å². The van der Waals surface area contributed by atoms with Gasteiger partial charge in [0.25, 0.3) is 0 Å². The number of unbranched alkanes of at least 4 members (excludes halogenated alkanes) is 1. The number of thioether (sulfide) groups is 1. The molecular formula is C12H19ClN2OS2. The number of halogens is 1. The fraction of sp³-hybridized carbons (Fsp3) is 0.583. The molecule has 0 bridgehead atoms. The monoisotopic (exact) mass is 306 g/mol. The van der Waals surface area contributed by atoms with E-state index >= 15 is 0 Å². The molecule has 2 rings (SSSR count). The Labute approximate surface area is 122 Å². The molecule has 1 atom stereocenters. The van der Waals surface area contributed by atoms with Crippen molar-refractivity contribution in [1.29, 1.82) is 0 Å². The fourth-order valence-corrected chi connectivity index (χ4v) is 4.25. The van der Waals surface area contributed by atoms with Gasteiger partial charge in [-0.2, -0.15) is 0 Å². The van der Waals surface area contributed by atoms with Crippen LogP contribution in [0.5, 0.6) is 0 Å². The van der Waals surface area contributed by atoms with Gasteiger partial charge in [0.15, 0.2) is 0 Å².